The third-order valence-electron chi connectivity index (χ3n) is 1.58. The minimum atomic E-state index is -0.848. The standard InChI is InChI=1S/C10H12O2S/c1-2-7-13-9-6-4-3-5-8(9)10(11)12/h3-6H,2,7H2,1H3,(H,11,12). The van der Waals surface area contributed by atoms with Gasteiger partial charge in [0.15, 0.2) is 0 Å². The normalized spacial score (nSPS) is 9.92. The van der Waals surface area contributed by atoms with E-state index in [9.17, 15) is 4.79 Å². The fourth-order valence-electron chi connectivity index (χ4n) is 0.981. The lowest BCUT2D eigenvalue weighted by atomic mass is 10.2. The predicted molar refractivity (Wildman–Crippen MR) is 54.4 cm³/mol. The van der Waals surface area contributed by atoms with Crippen LogP contribution in [0, 0.1) is 0 Å². The maximum atomic E-state index is 10.8. The Kier molecular flexibility index (Phi) is 3.83. The van der Waals surface area contributed by atoms with Crippen molar-refractivity contribution in [1.29, 1.82) is 0 Å². The summed E-state index contributed by atoms with van der Waals surface area (Å²) in [5.41, 5.74) is 0.404. The molecular formula is C10H12O2S. The lowest BCUT2D eigenvalue weighted by Gasteiger charge is -2.03. The van der Waals surface area contributed by atoms with Crippen molar-refractivity contribution >= 4 is 17.7 Å². The number of hydrogen-bond acceptors (Lipinski definition) is 2. The zero-order valence-electron chi connectivity index (χ0n) is 7.49. The van der Waals surface area contributed by atoms with Gasteiger partial charge in [-0.1, -0.05) is 19.1 Å². The summed E-state index contributed by atoms with van der Waals surface area (Å²) in [6, 6.07) is 7.11. The van der Waals surface area contributed by atoms with Crippen molar-refractivity contribution in [1.82, 2.24) is 0 Å². The minimum Gasteiger partial charge on any atom is -0.478 e. The van der Waals surface area contributed by atoms with E-state index in [1.807, 2.05) is 12.1 Å². The Balaban J connectivity index is 2.84. The fourth-order valence-corrected chi connectivity index (χ4v) is 1.89. The van der Waals surface area contributed by atoms with Crippen molar-refractivity contribution in [3.05, 3.63) is 29.8 Å². The van der Waals surface area contributed by atoms with E-state index in [1.54, 1.807) is 23.9 Å². The average molecular weight is 196 g/mol. The molecule has 0 aliphatic heterocycles. The van der Waals surface area contributed by atoms with Gasteiger partial charge in [0.1, 0.15) is 0 Å². The predicted octanol–water partition coefficient (Wildman–Crippen LogP) is 2.89. The van der Waals surface area contributed by atoms with Gasteiger partial charge < -0.3 is 5.11 Å². The molecule has 0 saturated carbocycles. The Morgan fingerprint density at radius 3 is 2.77 bits per heavy atom. The molecule has 13 heavy (non-hydrogen) atoms. The van der Waals surface area contributed by atoms with Crippen LogP contribution < -0.4 is 0 Å². The molecule has 0 aliphatic rings. The molecule has 0 unspecified atom stereocenters. The van der Waals surface area contributed by atoms with Crippen LogP contribution in [0.1, 0.15) is 23.7 Å². The highest BCUT2D eigenvalue weighted by Gasteiger charge is 2.07. The molecule has 0 aromatic heterocycles. The van der Waals surface area contributed by atoms with Crippen LogP contribution in [-0.4, -0.2) is 16.8 Å². The Morgan fingerprint density at radius 2 is 2.15 bits per heavy atom. The number of aromatic carboxylic acids is 1. The maximum absolute atomic E-state index is 10.8. The van der Waals surface area contributed by atoms with Crippen molar-refractivity contribution in [2.45, 2.75) is 18.2 Å². The molecule has 0 spiro atoms. The van der Waals surface area contributed by atoms with Gasteiger partial charge in [0.05, 0.1) is 5.56 Å². The highest BCUT2D eigenvalue weighted by atomic mass is 32.2. The summed E-state index contributed by atoms with van der Waals surface area (Å²) in [7, 11) is 0. The minimum absolute atomic E-state index is 0.404. The second-order valence-corrected chi connectivity index (χ2v) is 3.79. The number of carbonyl (C=O) groups is 1. The zero-order valence-corrected chi connectivity index (χ0v) is 8.30. The molecule has 0 heterocycles. The molecule has 0 fully saturated rings. The third kappa shape index (κ3) is 2.77. The van der Waals surface area contributed by atoms with Gasteiger partial charge in [-0.15, -0.1) is 11.8 Å². The summed E-state index contributed by atoms with van der Waals surface area (Å²) in [5, 5.41) is 8.85. The van der Waals surface area contributed by atoms with E-state index >= 15 is 0 Å². The van der Waals surface area contributed by atoms with Crippen molar-refractivity contribution in [3.8, 4) is 0 Å². The van der Waals surface area contributed by atoms with Crippen LogP contribution in [0.5, 0.6) is 0 Å². The molecule has 2 nitrogen and oxygen atoms in total. The van der Waals surface area contributed by atoms with Crippen LogP contribution in [0.2, 0.25) is 0 Å². The summed E-state index contributed by atoms with van der Waals surface area (Å²) in [6.07, 6.45) is 1.05. The number of carboxylic acid groups (broad SMARTS) is 1. The molecule has 1 N–H and O–H groups in total. The van der Waals surface area contributed by atoms with Gasteiger partial charge in [-0.05, 0) is 24.3 Å². The second-order valence-electron chi connectivity index (χ2n) is 2.65. The van der Waals surface area contributed by atoms with Gasteiger partial charge >= 0.3 is 5.97 Å². The Hall–Kier alpha value is -0.960. The van der Waals surface area contributed by atoms with Gasteiger partial charge in [0.25, 0.3) is 0 Å². The molecule has 0 saturated heterocycles. The summed E-state index contributed by atoms with van der Waals surface area (Å²) in [6.45, 7) is 2.08. The van der Waals surface area contributed by atoms with E-state index in [1.165, 1.54) is 0 Å². The molecule has 1 aromatic rings. The first-order chi connectivity index (χ1) is 6.25. The maximum Gasteiger partial charge on any atom is 0.336 e. The topological polar surface area (TPSA) is 37.3 Å². The van der Waals surface area contributed by atoms with E-state index < -0.39 is 5.97 Å². The number of hydrogen-bond donors (Lipinski definition) is 1. The first kappa shape index (κ1) is 10.1. The average Bonchev–Trinajstić information content (AvgIpc) is 2.15. The van der Waals surface area contributed by atoms with Crippen LogP contribution in [-0.2, 0) is 0 Å². The molecule has 0 atom stereocenters. The summed E-state index contributed by atoms with van der Waals surface area (Å²) < 4.78 is 0. The summed E-state index contributed by atoms with van der Waals surface area (Å²) in [5.74, 6) is 0.115. The van der Waals surface area contributed by atoms with E-state index in [0.717, 1.165) is 17.1 Å². The molecule has 1 rings (SSSR count). The Morgan fingerprint density at radius 1 is 1.46 bits per heavy atom. The quantitative estimate of drug-likeness (QED) is 0.752. The van der Waals surface area contributed by atoms with E-state index in [-0.39, 0.29) is 0 Å². The highest BCUT2D eigenvalue weighted by Crippen LogP contribution is 2.22. The largest absolute Gasteiger partial charge is 0.478 e. The van der Waals surface area contributed by atoms with Gasteiger partial charge in [-0.3, -0.25) is 0 Å². The van der Waals surface area contributed by atoms with Crippen LogP contribution in [0.15, 0.2) is 29.2 Å². The number of carboxylic acids is 1. The van der Waals surface area contributed by atoms with Gasteiger partial charge in [0.2, 0.25) is 0 Å². The third-order valence-corrected chi connectivity index (χ3v) is 2.86. The first-order valence-electron chi connectivity index (χ1n) is 4.20. The molecule has 0 bridgehead atoms. The second kappa shape index (κ2) is 4.92. The Bertz CT molecular complexity index is 297. The van der Waals surface area contributed by atoms with E-state index in [2.05, 4.69) is 6.92 Å². The number of thioether (sulfide) groups is 1. The van der Waals surface area contributed by atoms with Crippen molar-refractivity contribution in [2.24, 2.45) is 0 Å². The smallest absolute Gasteiger partial charge is 0.336 e. The molecule has 0 aliphatic carbocycles. The molecule has 0 radical (unpaired) electrons. The van der Waals surface area contributed by atoms with E-state index in [4.69, 9.17) is 5.11 Å². The molecule has 1 aromatic carbocycles. The van der Waals surface area contributed by atoms with Gasteiger partial charge in [-0.25, -0.2) is 4.79 Å². The zero-order chi connectivity index (χ0) is 9.68. The molecule has 3 heteroatoms. The van der Waals surface area contributed by atoms with Gasteiger partial charge in [0, 0.05) is 4.90 Å². The molecule has 70 valence electrons. The number of benzene rings is 1. The molecule has 0 amide bonds. The lowest BCUT2D eigenvalue weighted by Crippen LogP contribution is -1.98. The number of rotatable bonds is 4. The SMILES string of the molecule is CCCSc1ccccc1C(=O)O. The summed E-state index contributed by atoms with van der Waals surface area (Å²) in [4.78, 5) is 11.6. The van der Waals surface area contributed by atoms with Crippen LogP contribution in [0.25, 0.3) is 0 Å². The van der Waals surface area contributed by atoms with Crippen molar-refractivity contribution in [2.75, 3.05) is 5.75 Å². The van der Waals surface area contributed by atoms with E-state index in [0.29, 0.717) is 5.56 Å². The highest BCUT2D eigenvalue weighted by molar-refractivity contribution is 7.99. The Labute approximate surface area is 82.0 Å². The fraction of sp³-hybridized carbons (Fsp3) is 0.300. The van der Waals surface area contributed by atoms with Crippen LogP contribution in [0.3, 0.4) is 0 Å². The van der Waals surface area contributed by atoms with Crippen molar-refractivity contribution in [3.63, 3.8) is 0 Å². The summed E-state index contributed by atoms with van der Waals surface area (Å²) >= 11 is 1.59. The van der Waals surface area contributed by atoms with Crippen molar-refractivity contribution < 1.29 is 9.90 Å². The van der Waals surface area contributed by atoms with Gasteiger partial charge in [-0.2, -0.15) is 0 Å². The molecular weight excluding hydrogens is 184 g/mol. The first-order valence-corrected chi connectivity index (χ1v) is 5.19. The monoisotopic (exact) mass is 196 g/mol. The van der Waals surface area contributed by atoms with Crippen LogP contribution >= 0.6 is 11.8 Å². The van der Waals surface area contributed by atoms with Crippen LogP contribution in [0.4, 0.5) is 0 Å². The lowest BCUT2D eigenvalue weighted by molar-refractivity contribution is 0.0693.